The van der Waals surface area contributed by atoms with Gasteiger partial charge in [0.25, 0.3) is 0 Å². The number of carbonyl (C=O) groups is 1. The summed E-state index contributed by atoms with van der Waals surface area (Å²) >= 11 is 0. The Balaban J connectivity index is 1.97. The van der Waals surface area contributed by atoms with Crippen molar-refractivity contribution < 1.29 is 28.1 Å². The van der Waals surface area contributed by atoms with Crippen molar-refractivity contribution in [1.82, 2.24) is 0 Å². The van der Waals surface area contributed by atoms with Crippen LogP contribution in [0.4, 0.5) is 4.39 Å². The smallest absolute Gasteiger partial charge is 0.338 e. The molecule has 0 amide bonds. The van der Waals surface area contributed by atoms with Crippen LogP contribution in [0.25, 0.3) is 0 Å². The molecule has 2 atom stereocenters. The quantitative estimate of drug-likeness (QED) is 0.681. The lowest BCUT2D eigenvalue weighted by Crippen LogP contribution is -2.26. The fraction of sp³-hybridized carbons (Fsp3) is 0.455. The van der Waals surface area contributed by atoms with Crippen LogP contribution in [0.15, 0.2) is 41.0 Å². The number of esters is 1. The number of hydrogen-bond donors (Lipinski definition) is 1. The third-order valence-corrected chi connectivity index (χ3v) is 5.10. The van der Waals surface area contributed by atoms with Gasteiger partial charge >= 0.3 is 5.97 Å². The SMILES string of the molecule is CCOC(=O)C1=C(C)OC(N)=C(C#N)C1c1ccc(F)cc1COCC1CCCO1. The van der Waals surface area contributed by atoms with E-state index in [4.69, 9.17) is 24.7 Å². The number of hydrogen-bond acceptors (Lipinski definition) is 7. The van der Waals surface area contributed by atoms with Gasteiger partial charge in [0.05, 0.1) is 37.4 Å². The summed E-state index contributed by atoms with van der Waals surface area (Å²) in [4.78, 5) is 12.7. The van der Waals surface area contributed by atoms with Gasteiger partial charge in [-0.25, -0.2) is 9.18 Å². The molecule has 0 radical (unpaired) electrons. The van der Waals surface area contributed by atoms with Crippen molar-refractivity contribution in [2.45, 2.75) is 45.3 Å². The van der Waals surface area contributed by atoms with Crippen LogP contribution in [0.5, 0.6) is 0 Å². The molecular formula is C22H25FN2O5. The minimum Gasteiger partial charge on any atom is -0.463 e. The van der Waals surface area contributed by atoms with Crippen molar-refractivity contribution in [3.63, 3.8) is 0 Å². The van der Waals surface area contributed by atoms with Gasteiger partial charge in [-0.05, 0) is 49.9 Å². The van der Waals surface area contributed by atoms with E-state index >= 15 is 0 Å². The Morgan fingerprint density at radius 2 is 2.23 bits per heavy atom. The van der Waals surface area contributed by atoms with Gasteiger partial charge in [-0.15, -0.1) is 0 Å². The zero-order valence-electron chi connectivity index (χ0n) is 17.1. The average Bonchev–Trinajstić information content (AvgIpc) is 3.21. The molecule has 2 N–H and O–H groups in total. The number of halogens is 1. The van der Waals surface area contributed by atoms with E-state index in [1.165, 1.54) is 18.2 Å². The summed E-state index contributed by atoms with van der Waals surface area (Å²) in [7, 11) is 0. The monoisotopic (exact) mass is 416 g/mol. The molecule has 0 spiro atoms. The molecule has 30 heavy (non-hydrogen) atoms. The minimum absolute atomic E-state index is 0.0209. The first-order valence-electron chi connectivity index (χ1n) is 9.89. The summed E-state index contributed by atoms with van der Waals surface area (Å²) in [6.07, 6.45) is 1.93. The second-order valence-electron chi connectivity index (χ2n) is 7.11. The molecule has 2 aliphatic heterocycles. The fourth-order valence-electron chi connectivity index (χ4n) is 3.72. The Morgan fingerprint density at radius 3 is 2.90 bits per heavy atom. The Morgan fingerprint density at radius 1 is 1.43 bits per heavy atom. The van der Waals surface area contributed by atoms with Gasteiger partial charge in [-0.1, -0.05) is 6.07 Å². The maximum absolute atomic E-state index is 14.0. The molecule has 1 aromatic carbocycles. The molecule has 160 valence electrons. The third-order valence-electron chi connectivity index (χ3n) is 5.10. The summed E-state index contributed by atoms with van der Waals surface area (Å²) < 4.78 is 36.0. The lowest BCUT2D eigenvalue weighted by Gasteiger charge is -2.28. The number of nitriles is 1. The highest BCUT2D eigenvalue weighted by molar-refractivity contribution is 5.92. The van der Waals surface area contributed by atoms with Crippen LogP contribution in [0, 0.1) is 17.1 Å². The number of nitrogens with two attached hydrogens (primary N) is 1. The van der Waals surface area contributed by atoms with Crippen LogP contribution in [0.1, 0.15) is 43.7 Å². The average molecular weight is 416 g/mol. The van der Waals surface area contributed by atoms with E-state index in [-0.39, 0.29) is 42.1 Å². The normalized spacial score (nSPS) is 21.4. The molecule has 2 aliphatic rings. The predicted octanol–water partition coefficient (Wildman–Crippen LogP) is 3.17. The summed E-state index contributed by atoms with van der Waals surface area (Å²) in [5.74, 6) is -1.76. The molecule has 1 fully saturated rings. The fourth-order valence-corrected chi connectivity index (χ4v) is 3.72. The first-order valence-corrected chi connectivity index (χ1v) is 9.89. The first kappa shape index (κ1) is 21.8. The Bertz CT molecular complexity index is 913. The third kappa shape index (κ3) is 4.64. The van der Waals surface area contributed by atoms with Crippen molar-refractivity contribution in [3.8, 4) is 6.07 Å². The highest BCUT2D eigenvalue weighted by Crippen LogP contribution is 2.41. The molecule has 0 aliphatic carbocycles. The predicted molar refractivity (Wildman–Crippen MR) is 105 cm³/mol. The van der Waals surface area contributed by atoms with E-state index in [1.807, 2.05) is 6.07 Å². The molecular weight excluding hydrogens is 391 g/mol. The summed E-state index contributed by atoms with van der Waals surface area (Å²) in [6, 6.07) is 6.17. The number of ether oxygens (including phenoxy) is 4. The van der Waals surface area contributed by atoms with Gasteiger partial charge in [-0.3, -0.25) is 0 Å². The molecule has 0 saturated carbocycles. The molecule has 2 unspecified atom stereocenters. The number of allylic oxidation sites excluding steroid dienone is 2. The zero-order chi connectivity index (χ0) is 21.7. The second kappa shape index (κ2) is 9.74. The highest BCUT2D eigenvalue weighted by atomic mass is 19.1. The van der Waals surface area contributed by atoms with Crippen LogP contribution in [0.3, 0.4) is 0 Å². The van der Waals surface area contributed by atoms with Crippen molar-refractivity contribution in [2.75, 3.05) is 19.8 Å². The van der Waals surface area contributed by atoms with Gasteiger partial charge in [0, 0.05) is 6.61 Å². The zero-order valence-corrected chi connectivity index (χ0v) is 17.1. The van der Waals surface area contributed by atoms with Gasteiger partial charge in [-0.2, -0.15) is 5.26 Å². The lowest BCUT2D eigenvalue weighted by molar-refractivity contribution is -0.139. The van der Waals surface area contributed by atoms with Crippen molar-refractivity contribution in [2.24, 2.45) is 5.73 Å². The van der Waals surface area contributed by atoms with Crippen molar-refractivity contribution in [3.05, 3.63) is 57.9 Å². The van der Waals surface area contributed by atoms with E-state index in [9.17, 15) is 14.4 Å². The molecule has 1 saturated heterocycles. The van der Waals surface area contributed by atoms with Crippen molar-refractivity contribution >= 4 is 5.97 Å². The topological polar surface area (TPSA) is 104 Å². The van der Waals surface area contributed by atoms with Gasteiger partial charge < -0.3 is 24.7 Å². The molecule has 1 aromatic rings. The maximum atomic E-state index is 14.0. The van der Waals surface area contributed by atoms with Crippen LogP contribution < -0.4 is 5.73 Å². The van der Waals surface area contributed by atoms with E-state index in [0.717, 1.165) is 12.8 Å². The molecule has 2 heterocycles. The molecule has 3 rings (SSSR count). The van der Waals surface area contributed by atoms with Crippen molar-refractivity contribution in [1.29, 1.82) is 5.26 Å². The summed E-state index contributed by atoms with van der Waals surface area (Å²) in [6.45, 7) is 4.61. The highest BCUT2D eigenvalue weighted by Gasteiger charge is 2.37. The summed E-state index contributed by atoms with van der Waals surface area (Å²) in [5.41, 5.74) is 7.21. The molecule has 0 bridgehead atoms. The van der Waals surface area contributed by atoms with Crippen LogP contribution in [0.2, 0.25) is 0 Å². The largest absolute Gasteiger partial charge is 0.463 e. The first-order chi connectivity index (χ1) is 14.5. The number of carbonyl (C=O) groups excluding carboxylic acids is 1. The number of benzene rings is 1. The van der Waals surface area contributed by atoms with Crippen LogP contribution in [-0.4, -0.2) is 31.9 Å². The van der Waals surface area contributed by atoms with Crippen LogP contribution in [-0.2, 0) is 30.3 Å². The Hall–Kier alpha value is -2.89. The standard InChI is InChI=1S/C22H25FN2O5/c1-3-28-22(26)19-13(2)30-21(25)18(10-24)20(19)17-7-6-15(23)9-14(17)11-27-12-16-5-4-8-29-16/h6-7,9,16,20H,3-5,8,11-12,25H2,1-2H3. The maximum Gasteiger partial charge on any atom is 0.338 e. The van der Waals surface area contributed by atoms with Gasteiger partial charge in [0.2, 0.25) is 5.88 Å². The summed E-state index contributed by atoms with van der Waals surface area (Å²) in [5, 5.41) is 9.71. The van der Waals surface area contributed by atoms with Crippen LogP contribution >= 0.6 is 0 Å². The molecule has 0 aromatic heterocycles. The van der Waals surface area contributed by atoms with E-state index in [0.29, 0.717) is 24.3 Å². The Labute approximate surface area is 174 Å². The lowest BCUT2D eigenvalue weighted by atomic mass is 9.81. The van der Waals surface area contributed by atoms with Gasteiger partial charge in [0.1, 0.15) is 23.2 Å². The number of nitrogens with zero attached hydrogens (tertiary/aromatic N) is 1. The van der Waals surface area contributed by atoms with E-state index in [1.54, 1.807) is 13.8 Å². The Kier molecular flexibility index (Phi) is 7.08. The molecule has 8 heteroatoms. The van der Waals surface area contributed by atoms with E-state index < -0.39 is 17.7 Å². The molecule has 7 nitrogen and oxygen atoms in total. The number of rotatable bonds is 7. The second-order valence-corrected chi connectivity index (χ2v) is 7.11. The van der Waals surface area contributed by atoms with Gasteiger partial charge in [0.15, 0.2) is 0 Å². The van der Waals surface area contributed by atoms with E-state index in [2.05, 4.69) is 0 Å². The minimum atomic E-state index is -0.843.